The lowest BCUT2D eigenvalue weighted by atomic mass is 10.2. The number of nitrogens with zero attached hydrogens (tertiary/aromatic N) is 2. The molecular weight excluding hydrogens is 240 g/mol. The Bertz CT molecular complexity index is 452. The van der Waals surface area contributed by atoms with Crippen LogP contribution in [0.5, 0.6) is 5.75 Å². The minimum Gasteiger partial charge on any atom is -0.493 e. The summed E-state index contributed by atoms with van der Waals surface area (Å²) in [6.07, 6.45) is 0.310. The predicted octanol–water partition coefficient (Wildman–Crippen LogP) is 2.07. The van der Waals surface area contributed by atoms with E-state index in [-0.39, 0.29) is 5.91 Å². The van der Waals surface area contributed by atoms with E-state index in [2.05, 4.69) is 0 Å². The Kier molecular flexibility index (Phi) is 4.80. The molecule has 0 fully saturated rings. The molecule has 0 aliphatic heterocycles. The average molecular weight is 253 g/mol. The zero-order chi connectivity index (χ0) is 12.8. The van der Waals surface area contributed by atoms with Crippen molar-refractivity contribution in [3.63, 3.8) is 0 Å². The van der Waals surface area contributed by atoms with Crippen molar-refractivity contribution in [2.24, 2.45) is 0 Å². The summed E-state index contributed by atoms with van der Waals surface area (Å²) in [4.78, 5) is 12.8. The maximum atomic E-state index is 11.3. The van der Waals surface area contributed by atoms with Crippen LogP contribution in [-0.2, 0) is 4.79 Å². The highest BCUT2D eigenvalue weighted by atomic mass is 35.5. The monoisotopic (exact) mass is 252 g/mol. The van der Waals surface area contributed by atoms with Crippen molar-refractivity contribution in [1.29, 1.82) is 5.26 Å². The highest BCUT2D eigenvalue weighted by Gasteiger charge is 2.05. The third-order valence-corrected chi connectivity index (χ3v) is 2.46. The number of hydrogen-bond acceptors (Lipinski definition) is 3. The van der Waals surface area contributed by atoms with E-state index in [4.69, 9.17) is 21.6 Å². The van der Waals surface area contributed by atoms with Gasteiger partial charge in [-0.3, -0.25) is 4.79 Å². The third-order valence-electron chi connectivity index (χ3n) is 2.14. The van der Waals surface area contributed by atoms with Gasteiger partial charge in [-0.05, 0) is 12.1 Å². The quantitative estimate of drug-likeness (QED) is 0.824. The Hall–Kier alpha value is -1.73. The molecule has 0 radical (unpaired) electrons. The Balaban J connectivity index is 2.51. The molecule has 0 unspecified atom stereocenters. The van der Waals surface area contributed by atoms with Crippen molar-refractivity contribution in [2.75, 3.05) is 20.7 Å². The molecule has 0 bridgehead atoms. The molecule has 0 saturated carbocycles. The fourth-order valence-corrected chi connectivity index (χ4v) is 1.37. The molecule has 0 aliphatic carbocycles. The predicted molar refractivity (Wildman–Crippen MR) is 65.0 cm³/mol. The van der Waals surface area contributed by atoms with Crippen molar-refractivity contribution in [3.8, 4) is 11.8 Å². The molecule has 0 heterocycles. The van der Waals surface area contributed by atoms with Gasteiger partial charge in [0.25, 0.3) is 0 Å². The molecule has 1 amide bonds. The van der Waals surface area contributed by atoms with Crippen molar-refractivity contribution in [2.45, 2.75) is 6.42 Å². The van der Waals surface area contributed by atoms with E-state index in [0.29, 0.717) is 29.4 Å². The number of amides is 1. The first-order valence-corrected chi connectivity index (χ1v) is 5.45. The van der Waals surface area contributed by atoms with E-state index in [0.717, 1.165) is 0 Å². The molecule has 4 nitrogen and oxygen atoms in total. The molecule has 0 spiro atoms. The lowest BCUT2D eigenvalue weighted by molar-refractivity contribution is -0.129. The van der Waals surface area contributed by atoms with Crippen LogP contribution in [0.15, 0.2) is 18.2 Å². The Morgan fingerprint density at radius 3 is 2.76 bits per heavy atom. The zero-order valence-electron chi connectivity index (χ0n) is 9.74. The van der Waals surface area contributed by atoms with Gasteiger partial charge in [0.2, 0.25) is 5.91 Å². The standard InChI is InChI=1S/C12H13ClN2O2/c1-15(2)12(16)5-6-17-10-4-3-9(8-14)11(13)7-10/h3-4,7H,5-6H2,1-2H3. The molecule has 1 aromatic rings. The van der Waals surface area contributed by atoms with E-state index in [1.807, 2.05) is 6.07 Å². The van der Waals surface area contributed by atoms with E-state index in [9.17, 15) is 4.79 Å². The van der Waals surface area contributed by atoms with E-state index >= 15 is 0 Å². The number of halogens is 1. The lowest BCUT2D eigenvalue weighted by Gasteiger charge is -2.11. The Morgan fingerprint density at radius 2 is 2.24 bits per heavy atom. The summed E-state index contributed by atoms with van der Waals surface area (Å²) < 4.78 is 5.37. The molecule has 0 aliphatic rings. The van der Waals surface area contributed by atoms with Crippen molar-refractivity contribution in [1.82, 2.24) is 4.90 Å². The lowest BCUT2D eigenvalue weighted by Crippen LogP contribution is -2.23. The first kappa shape index (κ1) is 13.3. The van der Waals surface area contributed by atoms with Gasteiger partial charge >= 0.3 is 0 Å². The SMILES string of the molecule is CN(C)C(=O)CCOc1ccc(C#N)c(Cl)c1. The van der Waals surface area contributed by atoms with Crippen LogP contribution >= 0.6 is 11.6 Å². The minimum atomic E-state index is 0.00439. The second kappa shape index (κ2) is 6.12. The van der Waals surface area contributed by atoms with Crippen LogP contribution < -0.4 is 4.74 Å². The molecule has 0 N–H and O–H groups in total. The maximum absolute atomic E-state index is 11.3. The number of carbonyl (C=O) groups is 1. The molecule has 0 atom stereocenters. The van der Waals surface area contributed by atoms with Gasteiger partial charge in [-0.1, -0.05) is 11.6 Å². The summed E-state index contributed by atoms with van der Waals surface area (Å²) >= 11 is 5.84. The van der Waals surface area contributed by atoms with Gasteiger partial charge in [-0.2, -0.15) is 5.26 Å². The van der Waals surface area contributed by atoms with Crippen LogP contribution in [0.25, 0.3) is 0 Å². The van der Waals surface area contributed by atoms with Gasteiger partial charge in [-0.25, -0.2) is 0 Å². The zero-order valence-corrected chi connectivity index (χ0v) is 10.5. The van der Waals surface area contributed by atoms with Crippen LogP contribution in [-0.4, -0.2) is 31.5 Å². The second-order valence-corrected chi connectivity index (χ2v) is 4.05. The van der Waals surface area contributed by atoms with Gasteiger partial charge in [0.1, 0.15) is 11.8 Å². The molecule has 0 saturated heterocycles. The summed E-state index contributed by atoms with van der Waals surface area (Å²) in [6.45, 7) is 0.291. The first-order chi connectivity index (χ1) is 8.04. The molecule has 0 aromatic heterocycles. The van der Waals surface area contributed by atoms with Gasteiger partial charge < -0.3 is 9.64 Å². The van der Waals surface area contributed by atoms with E-state index in [1.165, 1.54) is 4.90 Å². The Labute approximate surface area is 105 Å². The summed E-state index contributed by atoms with van der Waals surface area (Å²) in [5.41, 5.74) is 0.406. The minimum absolute atomic E-state index is 0.00439. The van der Waals surface area contributed by atoms with Crippen LogP contribution in [0.4, 0.5) is 0 Å². The largest absolute Gasteiger partial charge is 0.493 e. The highest BCUT2D eigenvalue weighted by Crippen LogP contribution is 2.21. The number of nitriles is 1. The van der Waals surface area contributed by atoms with Crippen LogP contribution in [0, 0.1) is 11.3 Å². The number of carbonyl (C=O) groups excluding carboxylic acids is 1. The number of rotatable bonds is 4. The molecule has 5 heteroatoms. The van der Waals surface area contributed by atoms with E-state index in [1.54, 1.807) is 32.3 Å². The molecule has 90 valence electrons. The van der Waals surface area contributed by atoms with Gasteiger partial charge in [0.15, 0.2) is 0 Å². The van der Waals surface area contributed by atoms with Crippen LogP contribution in [0.3, 0.4) is 0 Å². The van der Waals surface area contributed by atoms with Crippen molar-refractivity contribution in [3.05, 3.63) is 28.8 Å². The molecule has 1 rings (SSSR count). The Morgan fingerprint density at radius 1 is 1.53 bits per heavy atom. The summed E-state index contributed by atoms with van der Waals surface area (Å²) in [7, 11) is 3.39. The molecular formula is C12H13ClN2O2. The summed E-state index contributed by atoms with van der Waals surface area (Å²) in [5.74, 6) is 0.560. The molecule has 17 heavy (non-hydrogen) atoms. The normalized spacial score (nSPS) is 9.53. The number of benzene rings is 1. The van der Waals surface area contributed by atoms with Crippen molar-refractivity contribution < 1.29 is 9.53 Å². The average Bonchev–Trinajstić information content (AvgIpc) is 2.29. The fourth-order valence-electron chi connectivity index (χ4n) is 1.16. The third kappa shape index (κ3) is 3.97. The van der Waals surface area contributed by atoms with Crippen LogP contribution in [0.2, 0.25) is 5.02 Å². The topological polar surface area (TPSA) is 53.3 Å². The van der Waals surface area contributed by atoms with Gasteiger partial charge in [-0.15, -0.1) is 0 Å². The summed E-state index contributed by atoms with van der Waals surface area (Å²) in [5, 5.41) is 9.04. The highest BCUT2D eigenvalue weighted by molar-refractivity contribution is 6.31. The number of ether oxygens (including phenoxy) is 1. The van der Waals surface area contributed by atoms with Crippen LogP contribution in [0.1, 0.15) is 12.0 Å². The van der Waals surface area contributed by atoms with E-state index < -0.39 is 0 Å². The van der Waals surface area contributed by atoms with Gasteiger partial charge in [0.05, 0.1) is 23.6 Å². The fraction of sp³-hybridized carbons (Fsp3) is 0.333. The smallest absolute Gasteiger partial charge is 0.225 e. The van der Waals surface area contributed by atoms with Crippen molar-refractivity contribution >= 4 is 17.5 Å². The second-order valence-electron chi connectivity index (χ2n) is 3.64. The number of hydrogen-bond donors (Lipinski definition) is 0. The van der Waals surface area contributed by atoms with Gasteiger partial charge in [0, 0.05) is 20.2 Å². The summed E-state index contributed by atoms with van der Waals surface area (Å²) in [6, 6.07) is 6.78. The first-order valence-electron chi connectivity index (χ1n) is 5.07. The maximum Gasteiger partial charge on any atom is 0.225 e. The molecule has 1 aromatic carbocycles.